The van der Waals surface area contributed by atoms with Crippen LogP contribution in [0.15, 0.2) is 0 Å². The zero-order valence-corrected chi connectivity index (χ0v) is 14.4. The maximum atomic E-state index is 10.9. The standard InChI is InChI=1S/C20H32O2/c1-17(2)14-4-7-19-9-12-10-20(22,11-19)13(12)8-15(19)18(14,3)6-5-16(17)21/h12-16,21-22H,4-11H2,1-3H3/t12?,13-,14-,15+,16-,18-,19+,20+/m1/s1. The molecule has 22 heavy (non-hydrogen) atoms. The molecule has 4 bridgehead atoms. The lowest BCUT2D eigenvalue weighted by molar-refractivity contribution is -0.309. The third kappa shape index (κ3) is 1.38. The zero-order valence-electron chi connectivity index (χ0n) is 14.4. The molecular formula is C20H32O2. The van der Waals surface area contributed by atoms with Crippen LogP contribution in [0.1, 0.15) is 72.1 Å². The molecule has 0 aromatic rings. The van der Waals surface area contributed by atoms with Gasteiger partial charge in [0.1, 0.15) is 0 Å². The highest BCUT2D eigenvalue weighted by Crippen LogP contribution is 2.77. The quantitative estimate of drug-likeness (QED) is 0.715. The first kappa shape index (κ1) is 14.3. The maximum absolute atomic E-state index is 10.9. The van der Waals surface area contributed by atoms with Gasteiger partial charge in [0.25, 0.3) is 0 Å². The van der Waals surface area contributed by atoms with Gasteiger partial charge in [-0.25, -0.2) is 0 Å². The van der Waals surface area contributed by atoms with E-state index < -0.39 is 0 Å². The van der Waals surface area contributed by atoms with Crippen LogP contribution in [-0.4, -0.2) is 21.9 Å². The third-order valence-electron chi connectivity index (χ3n) is 9.67. The number of fused-ring (bicyclic) bond motifs is 1. The van der Waals surface area contributed by atoms with E-state index in [0.717, 1.165) is 31.1 Å². The highest BCUT2D eigenvalue weighted by molar-refractivity contribution is 5.23. The molecule has 7 rings (SSSR count). The summed E-state index contributed by atoms with van der Waals surface area (Å²) < 4.78 is 0. The normalized spacial score (nSPS) is 64.5. The van der Waals surface area contributed by atoms with E-state index in [-0.39, 0.29) is 17.1 Å². The summed E-state index contributed by atoms with van der Waals surface area (Å²) in [6.45, 7) is 7.17. The van der Waals surface area contributed by atoms with Crippen molar-refractivity contribution in [2.75, 3.05) is 0 Å². The fourth-order valence-electron chi connectivity index (χ4n) is 8.79. The van der Waals surface area contributed by atoms with Crippen LogP contribution in [0.4, 0.5) is 0 Å². The largest absolute Gasteiger partial charge is 0.393 e. The molecule has 7 aliphatic carbocycles. The van der Waals surface area contributed by atoms with Gasteiger partial charge in [0.2, 0.25) is 0 Å². The second kappa shape index (κ2) is 3.77. The van der Waals surface area contributed by atoms with Gasteiger partial charge in [0, 0.05) is 0 Å². The lowest BCUT2D eigenvalue weighted by Gasteiger charge is -2.76. The lowest BCUT2D eigenvalue weighted by Crippen LogP contribution is -2.72. The van der Waals surface area contributed by atoms with Crippen LogP contribution in [0.5, 0.6) is 0 Å². The van der Waals surface area contributed by atoms with Crippen molar-refractivity contribution in [3.8, 4) is 0 Å². The maximum Gasteiger partial charge on any atom is 0.0686 e. The Kier molecular flexibility index (Phi) is 2.45. The van der Waals surface area contributed by atoms with Gasteiger partial charge in [0.15, 0.2) is 0 Å². The molecule has 8 atom stereocenters. The molecule has 1 spiro atoms. The lowest BCUT2D eigenvalue weighted by atomic mass is 9.30. The first-order valence-electron chi connectivity index (χ1n) is 9.62. The summed E-state index contributed by atoms with van der Waals surface area (Å²) in [6.07, 6.45) is 9.49. The number of hydrogen-bond acceptors (Lipinski definition) is 2. The minimum Gasteiger partial charge on any atom is -0.393 e. The van der Waals surface area contributed by atoms with Gasteiger partial charge in [-0.2, -0.15) is 0 Å². The molecule has 7 fully saturated rings. The summed E-state index contributed by atoms with van der Waals surface area (Å²) in [5.74, 6) is 2.89. The van der Waals surface area contributed by atoms with E-state index in [1.807, 2.05) is 0 Å². The van der Waals surface area contributed by atoms with Crippen LogP contribution >= 0.6 is 0 Å². The number of aliphatic hydroxyl groups excluding tert-OH is 1. The van der Waals surface area contributed by atoms with E-state index in [9.17, 15) is 10.2 Å². The van der Waals surface area contributed by atoms with Crippen molar-refractivity contribution in [2.45, 2.75) is 83.8 Å². The second-order valence-corrected chi connectivity index (χ2v) is 10.7. The number of rotatable bonds is 0. The molecule has 2 heteroatoms. The van der Waals surface area contributed by atoms with Gasteiger partial charge in [-0.15, -0.1) is 0 Å². The minimum atomic E-state index is -0.285. The fourth-order valence-corrected chi connectivity index (χ4v) is 8.79. The van der Waals surface area contributed by atoms with Crippen molar-refractivity contribution in [3.63, 3.8) is 0 Å². The molecule has 0 radical (unpaired) electrons. The second-order valence-electron chi connectivity index (χ2n) is 10.7. The monoisotopic (exact) mass is 304 g/mol. The molecule has 2 nitrogen and oxygen atoms in total. The molecule has 0 aliphatic heterocycles. The van der Waals surface area contributed by atoms with Gasteiger partial charge in [-0.05, 0) is 91.3 Å². The van der Waals surface area contributed by atoms with E-state index in [1.54, 1.807) is 0 Å². The summed E-state index contributed by atoms with van der Waals surface area (Å²) in [7, 11) is 0. The Morgan fingerprint density at radius 1 is 0.955 bits per heavy atom. The predicted octanol–water partition coefficient (Wildman–Crippen LogP) is 3.75. The Morgan fingerprint density at radius 2 is 1.73 bits per heavy atom. The van der Waals surface area contributed by atoms with Gasteiger partial charge in [-0.3, -0.25) is 0 Å². The zero-order chi connectivity index (χ0) is 15.5. The van der Waals surface area contributed by atoms with Crippen LogP contribution in [0.3, 0.4) is 0 Å². The summed E-state index contributed by atoms with van der Waals surface area (Å²) in [4.78, 5) is 0. The Balaban J connectivity index is 1.55. The molecule has 0 amide bonds. The minimum absolute atomic E-state index is 0.0606. The average molecular weight is 304 g/mol. The van der Waals surface area contributed by atoms with E-state index in [0.29, 0.717) is 22.7 Å². The molecule has 0 aromatic carbocycles. The highest BCUT2D eigenvalue weighted by atomic mass is 16.3. The van der Waals surface area contributed by atoms with Crippen molar-refractivity contribution in [1.82, 2.24) is 0 Å². The molecule has 0 saturated heterocycles. The van der Waals surface area contributed by atoms with Crippen LogP contribution in [-0.2, 0) is 0 Å². The van der Waals surface area contributed by atoms with Crippen molar-refractivity contribution in [2.24, 2.45) is 39.9 Å². The molecule has 2 N–H and O–H groups in total. The fraction of sp³-hybridized carbons (Fsp3) is 1.00. The number of hydrogen-bond donors (Lipinski definition) is 2. The van der Waals surface area contributed by atoms with Gasteiger partial charge in [0.05, 0.1) is 11.7 Å². The van der Waals surface area contributed by atoms with Crippen molar-refractivity contribution < 1.29 is 10.2 Å². The Hall–Kier alpha value is -0.0800. The SMILES string of the molecule is CC1(C)[C@H](O)CC[C@]2(C)[C@@H]1CC[C@]13CC4C[C@](O)(C1)[C@@H]4C[C@H]32. The van der Waals surface area contributed by atoms with Crippen molar-refractivity contribution in [1.29, 1.82) is 0 Å². The third-order valence-corrected chi connectivity index (χ3v) is 9.67. The summed E-state index contributed by atoms with van der Waals surface area (Å²) >= 11 is 0. The van der Waals surface area contributed by atoms with Crippen molar-refractivity contribution in [3.05, 3.63) is 0 Å². The van der Waals surface area contributed by atoms with Crippen LogP contribution in [0, 0.1) is 39.9 Å². The number of aliphatic hydroxyl groups is 2. The molecule has 7 aliphatic rings. The molecule has 7 saturated carbocycles. The van der Waals surface area contributed by atoms with Crippen LogP contribution in [0.25, 0.3) is 0 Å². The highest BCUT2D eigenvalue weighted by Gasteiger charge is 2.73. The molecule has 1 unspecified atom stereocenters. The summed E-state index contributed by atoms with van der Waals surface area (Å²) in [6, 6.07) is 0. The molecule has 124 valence electrons. The van der Waals surface area contributed by atoms with Gasteiger partial charge in [-0.1, -0.05) is 20.8 Å². The van der Waals surface area contributed by atoms with E-state index >= 15 is 0 Å². The predicted molar refractivity (Wildman–Crippen MR) is 86.2 cm³/mol. The van der Waals surface area contributed by atoms with Crippen molar-refractivity contribution >= 4 is 0 Å². The molecule has 0 aromatic heterocycles. The Labute approximate surface area is 134 Å². The first-order valence-corrected chi connectivity index (χ1v) is 9.62. The summed E-state index contributed by atoms with van der Waals surface area (Å²) in [5.41, 5.74) is 0.607. The van der Waals surface area contributed by atoms with E-state index in [4.69, 9.17) is 0 Å². The first-order chi connectivity index (χ1) is 10.2. The Morgan fingerprint density at radius 3 is 2.45 bits per heavy atom. The van der Waals surface area contributed by atoms with Gasteiger partial charge < -0.3 is 10.2 Å². The van der Waals surface area contributed by atoms with Crippen LogP contribution < -0.4 is 0 Å². The smallest absolute Gasteiger partial charge is 0.0686 e. The topological polar surface area (TPSA) is 40.5 Å². The van der Waals surface area contributed by atoms with E-state index in [1.165, 1.54) is 32.1 Å². The molecular weight excluding hydrogens is 272 g/mol. The molecule has 0 heterocycles. The average Bonchev–Trinajstić information content (AvgIpc) is 2.42. The Bertz CT molecular complexity index is 528. The summed E-state index contributed by atoms with van der Waals surface area (Å²) in [5, 5.41) is 21.5. The van der Waals surface area contributed by atoms with E-state index in [2.05, 4.69) is 20.8 Å². The van der Waals surface area contributed by atoms with Crippen LogP contribution in [0.2, 0.25) is 0 Å². The van der Waals surface area contributed by atoms with Gasteiger partial charge >= 0.3 is 0 Å².